The van der Waals surface area contributed by atoms with Crippen molar-refractivity contribution in [1.82, 2.24) is 0 Å². The quantitative estimate of drug-likeness (QED) is 0.183. The highest BCUT2D eigenvalue weighted by atomic mass is 16.5. The zero-order valence-corrected chi connectivity index (χ0v) is 26.3. The summed E-state index contributed by atoms with van der Waals surface area (Å²) in [6, 6.07) is 55.4. The van der Waals surface area contributed by atoms with E-state index in [-0.39, 0.29) is 6.71 Å². The van der Waals surface area contributed by atoms with Gasteiger partial charge in [-0.25, -0.2) is 0 Å². The minimum atomic E-state index is -0.00261. The smallest absolute Gasteiger partial charge is 0.260 e. The van der Waals surface area contributed by atoms with Gasteiger partial charge in [0.2, 0.25) is 0 Å². The maximum atomic E-state index is 6.67. The van der Waals surface area contributed by atoms with Gasteiger partial charge in [0.15, 0.2) is 0 Å². The fourth-order valence-corrected chi connectivity index (χ4v) is 7.92. The molecule has 2 aliphatic heterocycles. The highest BCUT2D eigenvalue weighted by Crippen LogP contribution is 2.42. The Kier molecular flexibility index (Phi) is 5.44. The Morgan fingerprint density at radius 3 is 2.04 bits per heavy atom. The normalized spacial score (nSPS) is 12.8. The van der Waals surface area contributed by atoms with Gasteiger partial charge in [0.1, 0.15) is 34.2 Å². The van der Waals surface area contributed by atoms with E-state index in [4.69, 9.17) is 13.9 Å². The monoisotopic (exact) mass is 627 g/mol. The molecule has 3 heterocycles. The molecule has 0 radical (unpaired) electrons. The molecule has 0 saturated heterocycles. The topological polar surface area (TPSA) is 34.8 Å². The van der Waals surface area contributed by atoms with Crippen LogP contribution < -0.4 is 30.8 Å². The largest absolute Gasteiger partial charge is 0.458 e. The Balaban J connectivity index is 1.08. The van der Waals surface area contributed by atoms with Crippen molar-refractivity contribution >= 4 is 83.6 Å². The number of furan rings is 1. The van der Waals surface area contributed by atoms with Crippen LogP contribution >= 0.6 is 0 Å². The van der Waals surface area contributed by atoms with Gasteiger partial charge in [-0.2, -0.15) is 0 Å². The van der Waals surface area contributed by atoms with Gasteiger partial charge in [-0.3, -0.25) is 0 Å². The van der Waals surface area contributed by atoms with Crippen molar-refractivity contribution < 1.29 is 13.9 Å². The van der Waals surface area contributed by atoms with E-state index in [1.54, 1.807) is 0 Å². The molecule has 0 N–H and O–H groups in total. The molecule has 0 aliphatic carbocycles. The van der Waals surface area contributed by atoms with Gasteiger partial charge in [0, 0.05) is 33.0 Å². The molecule has 9 aromatic rings. The summed E-state index contributed by atoms with van der Waals surface area (Å²) in [4.78, 5) is 2.34. The van der Waals surface area contributed by atoms with Gasteiger partial charge in [-0.15, -0.1) is 0 Å². The fourth-order valence-electron chi connectivity index (χ4n) is 7.92. The first kappa shape index (κ1) is 26.6. The van der Waals surface area contributed by atoms with E-state index in [2.05, 4.69) is 132 Å². The van der Waals surface area contributed by atoms with Crippen LogP contribution in [0.1, 0.15) is 0 Å². The number of hydrogen-bond acceptors (Lipinski definition) is 4. The summed E-state index contributed by atoms with van der Waals surface area (Å²) in [6.07, 6.45) is 0. The van der Waals surface area contributed by atoms with Gasteiger partial charge in [0.05, 0.1) is 5.69 Å². The van der Waals surface area contributed by atoms with Gasteiger partial charge in [-0.1, -0.05) is 84.9 Å². The molecule has 11 rings (SSSR count). The van der Waals surface area contributed by atoms with E-state index in [1.165, 1.54) is 10.8 Å². The van der Waals surface area contributed by atoms with Gasteiger partial charge in [0.25, 0.3) is 6.71 Å². The lowest BCUT2D eigenvalue weighted by molar-refractivity contribution is 0.465. The second kappa shape index (κ2) is 10.0. The highest BCUT2D eigenvalue weighted by Gasteiger charge is 2.40. The van der Waals surface area contributed by atoms with E-state index < -0.39 is 0 Å². The zero-order valence-electron chi connectivity index (χ0n) is 26.3. The first-order valence-corrected chi connectivity index (χ1v) is 16.6. The van der Waals surface area contributed by atoms with Crippen molar-refractivity contribution in [3.63, 3.8) is 0 Å². The maximum Gasteiger partial charge on any atom is 0.260 e. The number of nitrogens with zero attached hydrogens (tertiary/aromatic N) is 1. The first-order valence-electron chi connectivity index (χ1n) is 16.6. The Hall–Kier alpha value is -6.46. The zero-order chi connectivity index (χ0) is 32.1. The average molecular weight is 628 g/mol. The number of anilines is 3. The minimum absolute atomic E-state index is 0.00261. The van der Waals surface area contributed by atoms with E-state index in [1.807, 2.05) is 30.3 Å². The van der Waals surface area contributed by atoms with Crippen LogP contribution in [0.4, 0.5) is 17.1 Å². The number of para-hydroxylation sites is 2. The molecule has 0 fully saturated rings. The SMILES string of the molecule is c1ccc(N(c2ccc3cc4c(cc3c2)oc2cc3c(cc24)Oc2cccc4c2B3c2ccccc2O4)c2cccc3ccccc23)cc1. The molecule has 0 atom stereocenters. The van der Waals surface area contributed by atoms with Gasteiger partial charge in [-0.05, 0) is 99.9 Å². The molecule has 8 aromatic carbocycles. The number of ether oxygens (including phenoxy) is 2. The number of fused-ring (bicyclic) bond motifs is 9. The molecule has 0 amide bonds. The molecule has 228 valence electrons. The van der Waals surface area contributed by atoms with Crippen LogP contribution in [0.5, 0.6) is 23.0 Å². The number of rotatable bonds is 3. The molecule has 0 saturated carbocycles. The number of hydrogen-bond donors (Lipinski definition) is 0. The molecule has 1 aromatic heterocycles. The first-order chi connectivity index (χ1) is 24.3. The summed E-state index contributed by atoms with van der Waals surface area (Å²) in [5, 5.41) is 6.79. The predicted octanol–water partition coefficient (Wildman–Crippen LogP) is 10.1. The molecule has 0 bridgehead atoms. The van der Waals surface area contributed by atoms with Crippen molar-refractivity contribution in [3.05, 3.63) is 158 Å². The third-order valence-electron chi connectivity index (χ3n) is 10.1. The van der Waals surface area contributed by atoms with Gasteiger partial charge < -0.3 is 18.8 Å². The fraction of sp³-hybridized carbons (Fsp3) is 0. The summed E-state index contributed by atoms with van der Waals surface area (Å²) in [5.41, 5.74) is 8.31. The minimum Gasteiger partial charge on any atom is -0.458 e. The van der Waals surface area contributed by atoms with Crippen molar-refractivity contribution in [2.45, 2.75) is 0 Å². The average Bonchev–Trinajstić information content (AvgIpc) is 3.49. The Labute approximate surface area is 282 Å². The molecule has 0 unspecified atom stereocenters. The molecule has 2 aliphatic rings. The Morgan fingerprint density at radius 1 is 0.408 bits per heavy atom. The lowest BCUT2D eigenvalue weighted by Gasteiger charge is -2.32. The molecular weight excluding hydrogens is 601 g/mol. The summed E-state index contributed by atoms with van der Waals surface area (Å²) >= 11 is 0. The summed E-state index contributed by atoms with van der Waals surface area (Å²) in [6.45, 7) is -0.00261. The predicted molar refractivity (Wildman–Crippen MR) is 201 cm³/mol. The van der Waals surface area contributed by atoms with Crippen LogP contribution in [-0.4, -0.2) is 6.71 Å². The molecule has 4 nitrogen and oxygen atoms in total. The third-order valence-corrected chi connectivity index (χ3v) is 10.1. The van der Waals surface area contributed by atoms with Crippen molar-refractivity contribution in [3.8, 4) is 23.0 Å². The van der Waals surface area contributed by atoms with Crippen molar-refractivity contribution in [1.29, 1.82) is 0 Å². The Bertz CT molecular complexity index is 2800. The standard InChI is InChI=1S/C44H26BNO3/c1-2-12-30(13-3-1)46(37-16-8-11-27-10-4-5-14-32(27)37)31-21-20-28-23-33-34-25-43-36(26-42(34)49-41(33)24-29(28)22-31)45-35-15-6-7-17-38(35)47-39-18-9-19-40(48-43)44(39)45/h1-26H. The highest BCUT2D eigenvalue weighted by molar-refractivity contribution is 6.98. The van der Waals surface area contributed by atoms with Crippen LogP contribution in [0.25, 0.3) is 43.5 Å². The summed E-state index contributed by atoms with van der Waals surface area (Å²) < 4.78 is 19.6. The van der Waals surface area contributed by atoms with E-state index in [0.717, 1.165) is 89.2 Å². The van der Waals surface area contributed by atoms with Crippen LogP contribution in [0, 0.1) is 0 Å². The molecule has 0 spiro atoms. The Morgan fingerprint density at radius 2 is 1.12 bits per heavy atom. The summed E-state index contributed by atoms with van der Waals surface area (Å²) in [5.74, 6) is 3.41. The van der Waals surface area contributed by atoms with Crippen LogP contribution in [0.2, 0.25) is 0 Å². The van der Waals surface area contributed by atoms with E-state index in [9.17, 15) is 0 Å². The van der Waals surface area contributed by atoms with Gasteiger partial charge >= 0.3 is 0 Å². The second-order valence-electron chi connectivity index (χ2n) is 12.9. The maximum absolute atomic E-state index is 6.67. The van der Waals surface area contributed by atoms with Crippen LogP contribution in [0.3, 0.4) is 0 Å². The van der Waals surface area contributed by atoms with Crippen LogP contribution in [0.15, 0.2) is 162 Å². The van der Waals surface area contributed by atoms with E-state index in [0.29, 0.717) is 0 Å². The van der Waals surface area contributed by atoms with Crippen molar-refractivity contribution in [2.75, 3.05) is 4.90 Å². The van der Waals surface area contributed by atoms with E-state index >= 15 is 0 Å². The summed E-state index contributed by atoms with van der Waals surface area (Å²) in [7, 11) is 0. The molecule has 49 heavy (non-hydrogen) atoms. The second-order valence-corrected chi connectivity index (χ2v) is 12.9. The van der Waals surface area contributed by atoms with Crippen molar-refractivity contribution in [2.24, 2.45) is 0 Å². The number of benzene rings is 8. The lowest BCUT2D eigenvalue weighted by Crippen LogP contribution is -2.57. The van der Waals surface area contributed by atoms with Crippen LogP contribution in [-0.2, 0) is 0 Å². The molecule has 5 heteroatoms. The molecular formula is C44H26BNO3. The third kappa shape index (κ3) is 3.93. The lowest BCUT2D eigenvalue weighted by atomic mass is 9.35.